The zero-order valence-electron chi connectivity index (χ0n) is 16.1. The van der Waals surface area contributed by atoms with E-state index >= 15 is 0 Å². The molecule has 1 aromatic carbocycles. The fourth-order valence-electron chi connectivity index (χ4n) is 4.08. The van der Waals surface area contributed by atoms with Crippen LogP contribution >= 0.6 is 0 Å². The van der Waals surface area contributed by atoms with E-state index < -0.39 is 22.4 Å². The molecule has 0 aromatic heterocycles. The van der Waals surface area contributed by atoms with Gasteiger partial charge in [-0.3, -0.25) is 19.8 Å². The topological polar surface area (TPSA) is 78.7 Å². The van der Waals surface area contributed by atoms with Gasteiger partial charge in [0.15, 0.2) is 0 Å². The number of alkyl halides is 3. The van der Waals surface area contributed by atoms with E-state index in [1.807, 2.05) is 0 Å². The van der Waals surface area contributed by atoms with Gasteiger partial charge in [-0.1, -0.05) is 12.8 Å². The predicted molar refractivity (Wildman–Crippen MR) is 102 cm³/mol. The highest BCUT2D eigenvalue weighted by molar-refractivity contribution is 5.77. The maximum absolute atomic E-state index is 12.8. The van der Waals surface area contributed by atoms with Gasteiger partial charge in [0.25, 0.3) is 5.69 Å². The largest absolute Gasteiger partial charge is 0.416 e. The Kier molecular flexibility index (Phi) is 6.61. The van der Waals surface area contributed by atoms with Crippen LogP contribution in [0.4, 0.5) is 24.5 Å². The lowest BCUT2D eigenvalue weighted by atomic mass is 10.1. The molecular weight excluding hydrogens is 389 g/mol. The number of nitro groups is 1. The van der Waals surface area contributed by atoms with Crippen LogP contribution in [0.2, 0.25) is 0 Å². The summed E-state index contributed by atoms with van der Waals surface area (Å²) in [5.41, 5.74) is -1.76. The molecule has 0 radical (unpaired) electrons. The van der Waals surface area contributed by atoms with Crippen LogP contribution in [0, 0.1) is 10.1 Å². The summed E-state index contributed by atoms with van der Waals surface area (Å²) in [5, 5.41) is 13.8. The predicted octanol–water partition coefficient (Wildman–Crippen LogP) is 3.50. The van der Waals surface area contributed by atoms with Crippen molar-refractivity contribution in [2.75, 3.05) is 38.0 Å². The van der Waals surface area contributed by atoms with Crippen LogP contribution in [-0.2, 0) is 11.0 Å². The number of piperazine rings is 1. The molecule has 1 aliphatic heterocycles. The SMILES string of the molecule is O=C(CCNc1ccc(C(F)(F)F)cc1[N+](=O)[O-])N1CCN(C2CCCC2)CC1. The van der Waals surface area contributed by atoms with E-state index in [-0.39, 0.29) is 24.6 Å². The number of benzene rings is 1. The standard InChI is InChI=1S/C19H25F3N4O3/c20-19(21,22)14-5-6-16(17(13-14)26(28)29)23-8-7-18(27)25-11-9-24(10-12-25)15-3-1-2-4-15/h5-6,13,15,23H,1-4,7-12H2. The Balaban J connectivity index is 1.49. The normalized spacial score (nSPS) is 18.8. The van der Waals surface area contributed by atoms with Gasteiger partial charge in [0.2, 0.25) is 5.91 Å². The van der Waals surface area contributed by atoms with Crippen molar-refractivity contribution in [2.45, 2.75) is 44.3 Å². The Labute approximate surface area is 167 Å². The van der Waals surface area contributed by atoms with Gasteiger partial charge in [-0.05, 0) is 25.0 Å². The van der Waals surface area contributed by atoms with E-state index in [1.54, 1.807) is 4.90 Å². The number of carbonyl (C=O) groups excluding carboxylic acids is 1. The van der Waals surface area contributed by atoms with Crippen molar-refractivity contribution < 1.29 is 22.9 Å². The summed E-state index contributed by atoms with van der Waals surface area (Å²) in [4.78, 5) is 26.9. The Bertz CT molecular complexity index is 743. The first-order chi connectivity index (χ1) is 13.8. The molecule has 1 aliphatic carbocycles. The summed E-state index contributed by atoms with van der Waals surface area (Å²) in [5.74, 6) is -0.0573. The Morgan fingerprint density at radius 3 is 2.41 bits per heavy atom. The average Bonchev–Trinajstić information content (AvgIpc) is 3.22. The number of hydrogen-bond donors (Lipinski definition) is 1. The number of rotatable bonds is 6. The second-order valence-corrected chi connectivity index (χ2v) is 7.52. The number of anilines is 1. The smallest absolute Gasteiger partial charge is 0.379 e. The summed E-state index contributed by atoms with van der Waals surface area (Å²) in [6, 6.07) is 2.96. The molecular formula is C19H25F3N4O3. The fraction of sp³-hybridized carbons (Fsp3) is 0.632. The van der Waals surface area contributed by atoms with Crippen molar-refractivity contribution in [2.24, 2.45) is 0 Å². The molecule has 0 bridgehead atoms. The van der Waals surface area contributed by atoms with Crippen LogP contribution < -0.4 is 5.32 Å². The lowest BCUT2D eigenvalue weighted by Crippen LogP contribution is -2.51. The third kappa shape index (κ3) is 5.37. The first-order valence-electron chi connectivity index (χ1n) is 9.87. The second-order valence-electron chi connectivity index (χ2n) is 7.52. The highest BCUT2D eigenvalue weighted by Gasteiger charge is 2.33. The van der Waals surface area contributed by atoms with Crippen LogP contribution in [0.15, 0.2) is 18.2 Å². The van der Waals surface area contributed by atoms with E-state index in [0.29, 0.717) is 25.2 Å². The number of carbonyl (C=O) groups is 1. The molecule has 1 N–H and O–H groups in total. The fourth-order valence-corrected chi connectivity index (χ4v) is 4.08. The first-order valence-corrected chi connectivity index (χ1v) is 9.87. The lowest BCUT2D eigenvalue weighted by molar-refractivity contribution is -0.384. The number of hydrogen-bond acceptors (Lipinski definition) is 5. The van der Waals surface area contributed by atoms with Gasteiger partial charge in [0.1, 0.15) is 5.69 Å². The molecule has 3 rings (SSSR count). The monoisotopic (exact) mass is 414 g/mol. The van der Waals surface area contributed by atoms with E-state index in [9.17, 15) is 28.1 Å². The van der Waals surface area contributed by atoms with Gasteiger partial charge < -0.3 is 10.2 Å². The first kappa shape index (κ1) is 21.4. The minimum absolute atomic E-state index is 0.0261. The quantitative estimate of drug-likeness (QED) is 0.569. The maximum Gasteiger partial charge on any atom is 0.416 e. The van der Waals surface area contributed by atoms with Crippen LogP contribution in [0.1, 0.15) is 37.7 Å². The summed E-state index contributed by atoms with van der Waals surface area (Å²) in [7, 11) is 0. The molecule has 1 aromatic rings. The van der Waals surface area contributed by atoms with Gasteiger partial charge >= 0.3 is 6.18 Å². The molecule has 2 fully saturated rings. The van der Waals surface area contributed by atoms with Gasteiger partial charge in [0.05, 0.1) is 10.5 Å². The van der Waals surface area contributed by atoms with E-state index in [1.165, 1.54) is 25.7 Å². The van der Waals surface area contributed by atoms with Crippen LogP contribution in [0.5, 0.6) is 0 Å². The van der Waals surface area contributed by atoms with Crippen molar-refractivity contribution in [3.05, 3.63) is 33.9 Å². The van der Waals surface area contributed by atoms with Crippen molar-refractivity contribution in [3.63, 3.8) is 0 Å². The molecule has 2 aliphatic rings. The van der Waals surface area contributed by atoms with E-state index in [2.05, 4.69) is 10.2 Å². The van der Waals surface area contributed by atoms with E-state index in [4.69, 9.17) is 0 Å². The maximum atomic E-state index is 12.8. The molecule has 1 saturated heterocycles. The number of nitrogens with one attached hydrogen (secondary N) is 1. The highest BCUT2D eigenvalue weighted by Crippen LogP contribution is 2.35. The van der Waals surface area contributed by atoms with Crippen LogP contribution in [-0.4, -0.2) is 59.4 Å². The van der Waals surface area contributed by atoms with Crippen LogP contribution in [0.3, 0.4) is 0 Å². The summed E-state index contributed by atoms with van der Waals surface area (Å²) in [6.45, 7) is 3.15. The molecule has 1 amide bonds. The lowest BCUT2D eigenvalue weighted by Gasteiger charge is -2.38. The number of halogens is 3. The average molecular weight is 414 g/mol. The van der Waals surface area contributed by atoms with Crippen molar-refractivity contribution in [1.29, 1.82) is 0 Å². The van der Waals surface area contributed by atoms with Gasteiger partial charge in [-0.2, -0.15) is 13.2 Å². The Morgan fingerprint density at radius 2 is 1.83 bits per heavy atom. The Hall–Kier alpha value is -2.36. The minimum atomic E-state index is -4.65. The summed E-state index contributed by atoms with van der Waals surface area (Å²) in [6.07, 6.45) is 0.464. The highest BCUT2D eigenvalue weighted by atomic mass is 19.4. The molecule has 7 nitrogen and oxygen atoms in total. The molecule has 29 heavy (non-hydrogen) atoms. The third-order valence-corrected chi connectivity index (χ3v) is 5.68. The molecule has 0 atom stereocenters. The molecule has 160 valence electrons. The molecule has 0 spiro atoms. The summed E-state index contributed by atoms with van der Waals surface area (Å²) >= 11 is 0. The van der Waals surface area contributed by atoms with Crippen molar-refractivity contribution in [3.8, 4) is 0 Å². The number of amides is 1. The third-order valence-electron chi connectivity index (χ3n) is 5.68. The number of nitro benzene ring substituents is 1. The molecule has 0 unspecified atom stereocenters. The Morgan fingerprint density at radius 1 is 1.17 bits per heavy atom. The zero-order valence-corrected chi connectivity index (χ0v) is 16.1. The molecule has 1 saturated carbocycles. The minimum Gasteiger partial charge on any atom is -0.379 e. The van der Waals surface area contributed by atoms with Crippen molar-refractivity contribution in [1.82, 2.24) is 9.80 Å². The molecule has 1 heterocycles. The zero-order chi connectivity index (χ0) is 21.0. The number of nitrogens with zero attached hydrogens (tertiary/aromatic N) is 3. The molecule has 10 heteroatoms. The van der Waals surface area contributed by atoms with Gasteiger partial charge in [0, 0.05) is 51.3 Å². The van der Waals surface area contributed by atoms with Crippen molar-refractivity contribution >= 4 is 17.3 Å². The van der Waals surface area contributed by atoms with Gasteiger partial charge in [-0.15, -0.1) is 0 Å². The summed E-state index contributed by atoms with van der Waals surface area (Å²) < 4.78 is 38.3. The second kappa shape index (κ2) is 8.98. The van der Waals surface area contributed by atoms with Crippen LogP contribution in [0.25, 0.3) is 0 Å². The van der Waals surface area contributed by atoms with Gasteiger partial charge in [-0.25, -0.2) is 0 Å². The van der Waals surface area contributed by atoms with E-state index in [0.717, 1.165) is 25.2 Å².